The van der Waals surface area contributed by atoms with Crippen molar-refractivity contribution in [2.45, 2.75) is 19.3 Å². The highest BCUT2D eigenvalue weighted by Crippen LogP contribution is 2.27. The number of carbonyl (C=O) groups excluding carboxylic acids is 1. The summed E-state index contributed by atoms with van der Waals surface area (Å²) in [6, 6.07) is 11.9. The number of nitrogens with one attached hydrogen (secondary N) is 1. The number of hydrogen-bond donors (Lipinski definition) is 1. The fourth-order valence-electron chi connectivity index (χ4n) is 1.93. The standard InChI is InChI=1S/C15H19N3O/c16-9-4-10-18(14-5-2-1-3-6-14)12-15(19)17-11-13-7-8-13/h1-3,5-6,13H,4,7-8,10-12H2,(H,17,19). The maximum atomic E-state index is 11.9. The van der Waals surface area contributed by atoms with Gasteiger partial charge in [0.15, 0.2) is 0 Å². The Bertz CT molecular complexity index is 448. The second-order valence-corrected chi connectivity index (χ2v) is 4.91. The zero-order chi connectivity index (χ0) is 13.5. The Morgan fingerprint density at radius 2 is 2.11 bits per heavy atom. The second-order valence-electron chi connectivity index (χ2n) is 4.91. The molecule has 0 atom stereocenters. The number of para-hydroxylation sites is 1. The molecule has 1 fully saturated rings. The Labute approximate surface area is 114 Å². The average molecular weight is 257 g/mol. The molecule has 0 heterocycles. The van der Waals surface area contributed by atoms with Crippen LogP contribution < -0.4 is 10.2 Å². The molecule has 1 aliphatic carbocycles. The van der Waals surface area contributed by atoms with Crippen molar-refractivity contribution in [1.29, 1.82) is 5.26 Å². The topological polar surface area (TPSA) is 56.1 Å². The lowest BCUT2D eigenvalue weighted by Gasteiger charge is -2.23. The molecule has 0 unspecified atom stereocenters. The first kappa shape index (κ1) is 13.4. The number of amides is 1. The molecule has 2 rings (SSSR count). The van der Waals surface area contributed by atoms with Crippen molar-refractivity contribution in [3.8, 4) is 6.07 Å². The third-order valence-corrected chi connectivity index (χ3v) is 3.23. The predicted octanol–water partition coefficient (Wildman–Crippen LogP) is 1.93. The van der Waals surface area contributed by atoms with E-state index in [1.54, 1.807) is 0 Å². The van der Waals surface area contributed by atoms with Crippen molar-refractivity contribution >= 4 is 11.6 Å². The molecule has 0 bridgehead atoms. The van der Waals surface area contributed by atoms with Crippen molar-refractivity contribution in [3.05, 3.63) is 30.3 Å². The normalized spacial score (nSPS) is 13.6. The van der Waals surface area contributed by atoms with Gasteiger partial charge in [0.25, 0.3) is 0 Å². The van der Waals surface area contributed by atoms with Crippen LogP contribution in [0.5, 0.6) is 0 Å². The highest BCUT2D eigenvalue weighted by atomic mass is 16.2. The highest BCUT2D eigenvalue weighted by molar-refractivity contribution is 5.81. The molecular weight excluding hydrogens is 238 g/mol. The molecule has 1 N–H and O–H groups in total. The summed E-state index contributed by atoms with van der Waals surface area (Å²) >= 11 is 0. The molecule has 1 amide bonds. The molecule has 0 spiro atoms. The Balaban J connectivity index is 1.89. The molecule has 19 heavy (non-hydrogen) atoms. The van der Waals surface area contributed by atoms with Crippen LogP contribution in [0, 0.1) is 17.2 Å². The Kier molecular flexibility index (Phi) is 4.79. The fourth-order valence-corrected chi connectivity index (χ4v) is 1.93. The summed E-state index contributed by atoms with van der Waals surface area (Å²) in [6.45, 7) is 1.69. The number of benzene rings is 1. The van der Waals surface area contributed by atoms with Gasteiger partial charge in [-0.15, -0.1) is 0 Å². The van der Waals surface area contributed by atoms with Gasteiger partial charge < -0.3 is 10.2 Å². The summed E-state index contributed by atoms with van der Waals surface area (Å²) in [5, 5.41) is 11.7. The van der Waals surface area contributed by atoms with E-state index in [2.05, 4.69) is 11.4 Å². The molecule has 4 heteroatoms. The minimum atomic E-state index is 0.0358. The molecule has 0 radical (unpaired) electrons. The molecule has 1 aromatic carbocycles. The van der Waals surface area contributed by atoms with Crippen molar-refractivity contribution < 1.29 is 4.79 Å². The van der Waals surface area contributed by atoms with Gasteiger partial charge in [-0.2, -0.15) is 5.26 Å². The predicted molar refractivity (Wildman–Crippen MR) is 74.6 cm³/mol. The molecular formula is C15H19N3O. The summed E-state index contributed by atoms with van der Waals surface area (Å²) < 4.78 is 0. The number of nitrogens with zero attached hydrogens (tertiary/aromatic N) is 2. The molecule has 0 aliphatic heterocycles. The molecule has 0 aromatic heterocycles. The highest BCUT2D eigenvalue weighted by Gasteiger charge is 2.22. The number of hydrogen-bond acceptors (Lipinski definition) is 3. The monoisotopic (exact) mass is 257 g/mol. The van der Waals surface area contributed by atoms with Crippen molar-refractivity contribution in [2.75, 3.05) is 24.5 Å². The van der Waals surface area contributed by atoms with E-state index in [9.17, 15) is 4.79 Å². The van der Waals surface area contributed by atoms with Crippen LogP contribution in [0.15, 0.2) is 30.3 Å². The zero-order valence-corrected chi connectivity index (χ0v) is 11.0. The van der Waals surface area contributed by atoms with Gasteiger partial charge in [-0.25, -0.2) is 0 Å². The Morgan fingerprint density at radius 1 is 1.37 bits per heavy atom. The summed E-state index contributed by atoms with van der Waals surface area (Å²) in [5.41, 5.74) is 0.985. The Morgan fingerprint density at radius 3 is 2.74 bits per heavy atom. The lowest BCUT2D eigenvalue weighted by Crippen LogP contribution is -2.38. The van der Waals surface area contributed by atoms with Crippen LogP contribution >= 0.6 is 0 Å². The number of carbonyl (C=O) groups is 1. The molecule has 4 nitrogen and oxygen atoms in total. The lowest BCUT2D eigenvalue weighted by molar-refractivity contribution is -0.119. The number of rotatable bonds is 7. The first-order valence-electron chi connectivity index (χ1n) is 6.73. The third kappa shape index (κ3) is 4.63. The molecule has 100 valence electrons. The van der Waals surface area contributed by atoms with Gasteiger partial charge in [-0.1, -0.05) is 18.2 Å². The van der Waals surface area contributed by atoms with Crippen LogP contribution in [-0.4, -0.2) is 25.5 Å². The summed E-state index contributed by atoms with van der Waals surface area (Å²) in [6.07, 6.45) is 2.89. The van der Waals surface area contributed by atoms with Crippen LogP contribution in [0.25, 0.3) is 0 Å². The van der Waals surface area contributed by atoms with E-state index in [-0.39, 0.29) is 5.91 Å². The van der Waals surface area contributed by atoms with Gasteiger partial charge in [0.1, 0.15) is 0 Å². The van der Waals surface area contributed by atoms with Gasteiger partial charge in [0.2, 0.25) is 5.91 Å². The molecule has 1 aromatic rings. The average Bonchev–Trinajstić information content (AvgIpc) is 3.26. The van der Waals surface area contributed by atoms with Crippen LogP contribution in [-0.2, 0) is 4.79 Å². The number of nitriles is 1. The minimum Gasteiger partial charge on any atom is -0.361 e. The van der Waals surface area contributed by atoms with Gasteiger partial charge in [0.05, 0.1) is 19.0 Å². The van der Waals surface area contributed by atoms with Crippen LogP contribution in [0.1, 0.15) is 19.3 Å². The molecule has 1 aliphatic rings. The summed E-state index contributed by atoms with van der Waals surface area (Å²) in [5.74, 6) is 0.724. The van der Waals surface area contributed by atoms with Crippen molar-refractivity contribution in [3.63, 3.8) is 0 Å². The maximum Gasteiger partial charge on any atom is 0.239 e. The van der Waals surface area contributed by atoms with Crippen molar-refractivity contribution in [1.82, 2.24) is 5.32 Å². The van der Waals surface area contributed by atoms with E-state index in [4.69, 9.17) is 5.26 Å². The lowest BCUT2D eigenvalue weighted by atomic mass is 10.2. The third-order valence-electron chi connectivity index (χ3n) is 3.23. The van der Waals surface area contributed by atoms with E-state index in [0.29, 0.717) is 25.4 Å². The summed E-state index contributed by atoms with van der Waals surface area (Å²) in [7, 11) is 0. The van der Waals surface area contributed by atoms with E-state index < -0.39 is 0 Å². The zero-order valence-electron chi connectivity index (χ0n) is 11.0. The summed E-state index contributed by atoms with van der Waals surface area (Å²) in [4.78, 5) is 13.8. The van der Waals surface area contributed by atoms with Gasteiger partial charge in [-0.3, -0.25) is 4.79 Å². The van der Waals surface area contributed by atoms with Crippen LogP contribution in [0.3, 0.4) is 0 Å². The van der Waals surface area contributed by atoms with E-state index in [1.807, 2.05) is 35.2 Å². The molecule has 1 saturated carbocycles. The quantitative estimate of drug-likeness (QED) is 0.812. The maximum absolute atomic E-state index is 11.9. The fraction of sp³-hybridized carbons (Fsp3) is 0.467. The molecule has 0 saturated heterocycles. The van der Waals surface area contributed by atoms with Gasteiger partial charge in [-0.05, 0) is 30.9 Å². The van der Waals surface area contributed by atoms with E-state index in [0.717, 1.165) is 12.2 Å². The van der Waals surface area contributed by atoms with Gasteiger partial charge in [0, 0.05) is 18.8 Å². The Hall–Kier alpha value is -2.02. The van der Waals surface area contributed by atoms with Crippen molar-refractivity contribution in [2.24, 2.45) is 5.92 Å². The SMILES string of the molecule is N#CCCN(CC(=O)NCC1CC1)c1ccccc1. The first-order valence-corrected chi connectivity index (χ1v) is 6.73. The smallest absolute Gasteiger partial charge is 0.239 e. The van der Waals surface area contributed by atoms with Crippen LogP contribution in [0.2, 0.25) is 0 Å². The van der Waals surface area contributed by atoms with E-state index >= 15 is 0 Å². The largest absolute Gasteiger partial charge is 0.361 e. The minimum absolute atomic E-state index is 0.0358. The van der Waals surface area contributed by atoms with Gasteiger partial charge >= 0.3 is 0 Å². The van der Waals surface area contributed by atoms with Crippen LogP contribution in [0.4, 0.5) is 5.69 Å². The second kappa shape index (κ2) is 6.79. The first-order chi connectivity index (χ1) is 9.29. The number of anilines is 1. The van der Waals surface area contributed by atoms with E-state index in [1.165, 1.54) is 12.8 Å².